The first-order valence-corrected chi connectivity index (χ1v) is 6.00. The quantitative estimate of drug-likeness (QED) is 0.575. The number of aliphatic hydroxyl groups is 1. The molecule has 2 saturated heterocycles. The van der Waals surface area contributed by atoms with Crippen LogP contribution in [-0.2, 0) is 14.2 Å². The maximum atomic E-state index is 11.3. The maximum Gasteiger partial charge on any atom is 0.254 e. The average molecular weight is 261 g/mol. The lowest BCUT2D eigenvalue weighted by atomic mass is 9.82. The Morgan fingerprint density at radius 1 is 1.39 bits per heavy atom. The van der Waals surface area contributed by atoms with Crippen molar-refractivity contribution in [2.45, 2.75) is 44.3 Å². The smallest absolute Gasteiger partial charge is 0.254 e. The highest BCUT2D eigenvalue weighted by Crippen LogP contribution is 2.39. The van der Waals surface area contributed by atoms with Crippen molar-refractivity contribution in [1.82, 2.24) is 0 Å². The molecule has 7 nitrogen and oxygen atoms in total. The van der Waals surface area contributed by atoms with Crippen LogP contribution in [0, 0.1) is 16.0 Å². The Morgan fingerprint density at radius 2 is 2.06 bits per heavy atom. The summed E-state index contributed by atoms with van der Waals surface area (Å²) in [6, 6.07) is 0. The van der Waals surface area contributed by atoms with E-state index in [9.17, 15) is 15.2 Å². The van der Waals surface area contributed by atoms with Crippen molar-refractivity contribution in [3.63, 3.8) is 0 Å². The van der Waals surface area contributed by atoms with Gasteiger partial charge in [-0.1, -0.05) is 0 Å². The van der Waals surface area contributed by atoms with Crippen LogP contribution < -0.4 is 0 Å². The molecule has 0 bridgehead atoms. The Balaban J connectivity index is 2.20. The van der Waals surface area contributed by atoms with Gasteiger partial charge >= 0.3 is 0 Å². The van der Waals surface area contributed by atoms with Crippen molar-refractivity contribution in [2.75, 3.05) is 19.8 Å². The third-order valence-corrected chi connectivity index (χ3v) is 3.86. The van der Waals surface area contributed by atoms with Gasteiger partial charge in [-0.25, -0.2) is 0 Å². The first-order valence-electron chi connectivity index (χ1n) is 6.00. The molecule has 0 amide bonds. The van der Waals surface area contributed by atoms with Gasteiger partial charge in [0.25, 0.3) is 5.54 Å². The van der Waals surface area contributed by atoms with Crippen LogP contribution in [0.4, 0.5) is 0 Å². The van der Waals surface area contributed by atoms with Crippen molar-refractivity contribution in [2.24, 2.45) is 5.92 Å². The molecule has 104 valence electrons. The number of aliphatic hydroxyl groups excluding tert-OH is 1. The number of rotatable bonds is 3. The Labute approximate surface area is 105 Å². The lowest BCUT2D eigenvalue weighted by Crippen LogP contribution is -2.54. The molecule has 0 aromatic heterocycles. The van der Waals surface area contributed by atoms with Gasteiger partial charge in [0.15, 0.2) is 11.9 Å². The Hall–Kier alpha value is -0.760. The van der Waals surface area contributed by atoms with E-state index in [0.717, 1.165) is 0 Å². The van der Waals surface area contributed by atoms with E-state index < -0.39 is 29.5 Å². The number of nitrogens with zero attached hydrogens (tertiary/aromatic N) is 1. The molecule has 0 aliphatic carbocycles. The van der Waals surface area contributed by atoms with Crippen LogP contribution >= 0.6 is 0 Å². The first kappa shape index (κ1) is 13.7. The summed E-state index contributed by atoms with van der Waals surface area (Å²) < 4.78 is 16.6. The highest BCUT2D eigenvalue weighted by Gasteiger charge is 2.62. The summed E-state index contributed by atoms with van der Waals surface area (Å²) >= 11 is 0. The van der Waals surface area contributed by atoms with Crippen molar-refractivity contribution in [3.05, 3.63) is 10.1 Å². The van der Waals surface area contributed by atoms with Crippen LogP contribution in [0.2, 0.25) is 0 Å². The second kappa shape index (κ2) is 4.41. The van der Waals surface area contributed by atoms with E-state index in [1.54, 1.807) is 13.8 Å². The zero-order valence-corrected chi connectivity index (χ0v) is 10.8. The largest absolute Gasteiger partial charge is 0.396 e. The Kier molecular flexibility index (Phi) is 3.35. The van der Waals surface area contributed by atoms with Gasteiger partial charge in [0.2, 0.25) is 0 Å². The van der Waals surface area contributed by atoms with Crippen molar-refractivity contribution in [3.8, 4) is 0 Å². The molecule has 2 aliphatic rings. The lowest BCUT2D eigenvalue weighted by Gasteiger charge is -2.29. The summed E-state index contributed by atoms with van der Waals surface area (Å²) in [7, 11) is 0. The Bertz CT molecular complexity index is 346. The second-order valence-electron chi connectivity index (χ2n) is 5.48. The third kappa shape index (κ3) is 2.01. The molecular formula is C11H19NO6. The lowest BCUT2D eigenvalue weighted by molar-refractivity contribution is -0.581. The first-order chi connectivity index (χ1) is 8.31. The monoisotopic (exact) mass is 261 g/mol. The summed E-state index contributed by atoms with van der Waals surface area (Å²) in [5.74, 6) is -1.27. The van der Waals surface area contributed by atoms with E-state index in [2.05, 4.69) is 0 Å². The normalized spacial score (nSPS) is 43.2. The minimum Gasteiger partial charge on any atom is -0.396 e. The van der Waals surface area contributed by atoms with Gasteiger partial charge in [-0.05, 0) is 13.8 Å². The molecule has 2 heterocycles. The number of ether oxygens (including phenoxy) is 3. The molecule has 0 aromatic rings. The van der Waals surface area contributed by atoms with Crippen molar-refractivity contribution < 1.29 is 24.2 Å². The standard InChI is InChI=1S/C11H19NO6/c1-10(2)17-6-8(18-10)9-11(3,12(14)15)7(4-13)5-16-9/h7-9,13H,4-6H2,1-3H3/t7-,8+,9-,11-/m0/s1. The highest BCUT2D eigenvalue weighted by molar-refractivity contribution is 5.00. The van der Waals surface area contributed by atoms with Crippen LogP contribution in [0.25, 0.3) is 0 Å². The molecule has 0 saturated carbocycles. The molecule has 2 fully saturated rings. The SMILES string of the molecule is CC1(C)OC[C@H]([C@@H]2OC[C@H](CO)[C@]2(C)[N+](=O)[O-])O1. The van der Waals surface area contributed by atoms with Crippen LogP contribution in [-0.4, -0.2) is 53.4 Å². The van der Waals surface area contributed by atoms with E-state index in [1.807, 2.05) is 0 Å². The number of nitro groups is 1. The molecule has 18 heavy (non-hydrogen) atoms. The maximum absolute atomic E-state index is 11.3. The van der Waals surface area contributed by atoms with Crippen LogP contribution in [0.15, 0.2) is 0 Å². The van der Waals surface area contributed by atoms with Gasteiger partial charge in [0.1, 0.15) is 6.10 Å². The molecule has 0 spiro atoms. The van der Waals surface area contributed by atoms with E-state index in [4.69, 9.17) is 14.2 Å². The van der Waals surface area contributed by atoms with E-state index >= 15 is 0 Å². The molecule has 2 aliphatic heterocycles. The zero-order chi connectivity index (χ0) is 13.6. The van der Waals surface area contributed by atoms with Crippen LogP contribution in [0.5, 0.6) is 0 Å². The second-order valence-corrected chi connectivity index (χ2v) is 5.48. The summed E-state index contributed by atoms with van der Waals surface area (Å²) in [5, 5.41) is 20.6. The van der Waals surface area contributed by atoms with Crippen LogP contribution in [0.1, 0.15) is 20.8 Å². The third-order valence-electron chi connectivity index (χ3n) is 3.86. The molecule has 0 unspecified atom stereocenters. The summed E-state index contributed by atoms with van der Waals surface area (Å²) in [4.78, 5) is 11.0. The van der Waals surface area contributed by atoms with Gasteiger partial charge < -0.3 is 19.3 Å². The van der Waals surface area contributed by atoms with E-state index in [1.165, 1.54) is 6.92 Å². The zero-order valence-electron chi connectivity index (χ0n) is 10.8. The van der Waals surface area contributed by atoms with Gasteiger partial charge in [-0.15, -0.1) is 0 Å². The molecule has 0 radical (unpaired) electrons. The molecule has 7 heteroatoms. The van der Waals surface area contributed by atoms with Crippen molar-refractivity contribution >= 4 is 0 Å². The van der Waals surface area contributed by atoms with Crippen LogP contribution in [0.3, 0.4) is 0 Å². The predicted octanol–water partition coefficient (Wildman–Crippen LogP) is 0.181. The molecular weight excluding hydrogens is 242 g/mol. The van der Waals surface area contributed by atoms with Gasteiger partial charge in [0.05, 0.1) is 25.7 Å². The predicted molar refractivity (Wildman–Crippen MR) is 60.6 cm³/mol. The summed E-state index contributed by atoms with van der Waals surface area (Å²) in [5.41, 5.74) is -1.34. The topological polar surface area (TPSA) is 91.1 Å². The molecule has 2 rings (SSSR count). The van der Waals surface area contributed by atoms with E-state index in [-0.39, 0.29) is 24.7 Å². The minimum absolute atomic E-state index is 0.166. The van der Waals surface area contributed by atoms with Gasteiger partial charge in [-0.2, -0.15) is 0 Å². The van der Waals surface area contributed by atoms with Gasteiger partial charge in [0, 0.05) is 11.8 Å². The fourth-order valence-corrected chi connectivity index (χ4v) is 2.63. The fourth-order valence-electron chi connectivity index (χ4n) is 2.63. The Morgan fingerprint density at radius 3 is 2.50 bits per heavy atom. The minimum atomic E-state index is -1.34. The van der Waals surface area contributed by atoms with E-state index in [0.29, 0.717) is 0 Å². The molecule has 0 aromatic carbocycles. The average Bonchev–Trinajstić information content (AvgIpc) is 2.79. The molecule has 4 atom stereocenters. The summed E-state index contributed by atoms with van der Waals surface area (Å²) in [6.07, 6.45) is -1.18. The van der Waals surface area contributed by atoms with Gasteiger partial charge in [-0.3, -0.25) is 10.1 Å². The number of hydrogen-bond donors (Lipinski definition) is 1. The summed E-state index contributed by atoms with van der Waals surface area (Å²) in [6.45, 7) is 5.17. The van der Waals surface area contributed by atoms with Crippen molar-refractivity contribution in [1.29, 1.82) is 0 Å². The number of hydrogen-bond acceptors (Lipinski definition) is 6. The molecule has 1 N–H and O–H groups in total. The highest BCUT2D eigenvalue weighted by atomic mass is 16.8. The fraction of sp³-hybridized carbons (Fsp3) is 1.00.